The lowest BCUT2D eigenvalue weighted by Crippen LogP contribution is -2.27. The molecule has 1 aromatic heterocycles. The molecule has 1 fully saturated rings. The van der Waals surface area contributed by atoms with Crippen molar-refractivity contribution in [1.29, 1.82) is 0 Å². The summed E-state index contributed by atoms with van der Waals surface area (Å²) in [7, 11) is 2.07. The maximum absolute atomic E-state index is 8.64. The standard InChI is InChI=1S/C11H17N5O2/c1-16(8-2-3-8)6-7-18-11-9(10(12)15-17)13-4-5-14-11/h4-5,8,17H,2-3,6-7H2,1H3,(H2,12,15). The molecule has 3 N–H and O–H groups in total. The molecule has 0 radical (unpaired) electrons. The Morgan fingerprint density at radius 3 is 2.94 bits per heavy atom. The van der Waals surface area contributed by atoms with E-state index >= 15 is 0 Å². The summed E-state index contributed by atoms with van der Waals surface area (Å²) in [6, 6.07) is 0.694. The first kappa shape index (κ1) is 12.6. The van der Waals surface area contributed by atoms with Crippen LogP contribution in [-0.4, -0.2) is 52.2 Å². The van der Waals surface area contributed by atoms with Crippen molar-refractivity contribution in [3.8, 4) is 5.88 Å². The Balaban J connectivity index is 1.91. The zero-order valence-corrected chi connectivity index (χ0v) is 10.3. The molecule has 1 aromatic rings. The number of nitrogens with two attached hydrogens (primary N) is 1. The fourth-order valence-electron chi connectivity index (χ4n) is 1.64. The molecule has 0 aliphatic heterocycles. The molecule has 0 amide bonds. The van der Waals surface area contributed by atoms with Gasteiger partial charge in [0, 0.05) is 25.0 Å². The first-order valence-corrected chi connectivity index (χ1v) is 5.84. The molecule has 0 unspecified atom stereocenters. The molecule has 1 heterocycles. The summed E-state index contributed by atoms with van der Waals surface area (Å²) in [4.78, 5) is 10.3. The van der Waals surface area contributed by atoms with E-state index in [4.69, 9.17) is 15.7 Å². The predicted molar refractivity (Wildman–Crippen MR) is 65.7 cm³/mol. The monoisotopic (exact) mass is 251 g/mol. The summed E-state index contributed by atoms with van der Waals surface area (Å²) in [6.07, 6.45) is 5.50. The Labute approximate surface area is 105 Å². The van der Waals surface area contributed by atoms with E-state index < -0.39 is 0 Å². The third-order valence-electron chi connectivity index (χ3n) is 2.87. The van der Waals surface area contributed by atoms with Crippen LogP contribution in [0.25, 0.3) is 0 Å². The number of rotatable bonds is 6. The van der Waals surface area contributed by atoms with Crippen LogP contribution in [0.2, 0.25) is 0 Å². The predicted octanol–water partition coefficient (Wildman–Crippen LogP) is 0.0441. The molecule has 98 valence electrons. The molecule has 0 spiro atoms. The first-order valence-electron chi connectivity index (χ1n) is 5.84. The second-order valence-corrected chi connectivity index (χ2v) is 4.26. The second-order valence-electron chi connectivity index (χ2n) is 4.26. The smallest absolute Gasteiger partial charge is 0.244 e. The van der Waals surface area contributed by atoms with Gasteiger partial charge in [0.05, 0.1) is 0 Å². The summed E-state index contributed by atoms with van der Waals surface area (Å²) >= 11 is 0. The van der Waals surface area contributed by atoms with Crippen molar-refractivity contribution in [3.05, 3.63) is 18.1 Å². The average Bonchev–Trinajstić information content (AvgIpc) is 3.22. The van der Waals surface area contributed by atoms with Gasteiger partial charge in [0.25, 0.3) is 0 Å². The number of hydrogen-bond acceptors (Lipinski definition) is 6. The van der Waals surface area contributed by atoms with Crippen LogP contribution in [0.5, 0.6) is 5.88 Å². The Morgan fingerprint density at radius 2 is 2.28 bits per heavy atom. The highest BCUT2D eigenvalue weighted by atomic mass is 16.5. The SMILES string of the molecule is CN(CCOc1nccnc1C(N)=NO)C1CC1. The van der Waals surface area contributed by atoms with Crippen LogP contribution in [0.1, 0.15) is 18.5 Å². The normalized spacial score (nSPS) is 16.0. The van der Waals surface area contributed by atoms with E-state index in [1.54, 1.807) is 0 Å². The van der Waals surface area contributed by atoms with E-state index in [1.807, 2.05) is 0 Å². The summed E-state index contributed by atoms with van der Waals surface area (Å²) in [6.45, 7) is 1.31. The lowest BCUT2D eigenvalue weighted by molar-refractivity contribution is 0.225. The number of nitrogens with zero attached hydrogens (tertiary/aromatic N) is 4. The van der Waals surface area contributed by atoms with Gasteiger partial charge in [-0.25, -0.2) is 9.97 Å². The van der Waals surface area contributed by atoms with Crippen molar-refractivity contribution in [2.45, 2.75) is 18.9 Å². The number of aromatic nitrogens is 2. The molecule has 0 saturated heterocycles. The highest BCUT2D eigenvalue weighted by Crippen LogP contribution is 2.24. The Hall–Kier alpha value is -1.89. The zero-order chi connectivity index (χ0) is 13.0. The molecule has 1 aliphatic carbocycles. The van der Waals surface area contributed by atoms with Crippen molar-refractivity contribution in [1.82, 2.24) is 14.9 Å². The van der Waals surface area contributed by atoms with E-state index in [-0.39, 0.29) is 17.4 Å². The van der Waals surface area contributed by atoms with E-state index in [9.17, 15) is 0 Å². The van der Waals surface area contributed by atoms with Crippen molar-refractivity contribution in [2.24, 2.45) is 10.9 Å². The van der Waals surface area contributed by atoms with Crippen molar-refractivity contribution < 1.29 is 9.94 Å². The molecule has 7 heteroatoms. The van der Waals surface area contributed by atoms with E-state index in [0.29, 0.717) is 12.6 Å². The van der Waals surface area contributed by atoms with Gasteiger partial charge in [-0.1, -0.05) is 5.16 Å². The van der Waals surface area contributed by atoms with Crippen LogP contribution in [0.3, 0.4) is 0 Å². The number of oxime groups is 1. The van der Waals surface area contributed by atoms with Gasteiger partial charge in [0.2, 0.25) is 5.88 Å². The van der Waals surface area contributed by atoms with E-state index in [2.05, 4.69) is 27.1 Å². The number of likely N-dealkylation sites (N-methyl/N-ethyl adjacent to an activating group) is 1. The number of amidine groups is 1. The molecular weight excluding hydrogens is 234 g/mol. The highest BCUT2D eigenvalue weighted by Gasteiger charge is 2.25. The fraction of sp³-hybridized carbons (Fsp3) is 0.545. The van der Waals surface area contributed by atoms with Gasteiger partial charge in [0.15, 0.2) is 11.5 Å². The maximum Gasteiger partial charge on any atom is 0.244 e. The molecule has 2 rings (SSSR count). The van der Waals surface area contributed by atoms with Gasteiger partial charge in [-0.05, 0) is 19.9 Å². The third-order valence-corrected chi connectivity index (χ3v) is 2.87. The quantitative estimate of drug-likeness (QED) is 0.321. The van der Waals surface area contributed by atoms with Crippen LogP contribution in [0, 0.1) is 0 Å². The summed E-state index contributed by atoms with van der Waals surface area (Å²) < 4.78 is 5.52. The van der Waals surface area contributed by atoms with Gasteiger partial charge in [-0.3, -0.25) is 0 Å². The molecule has 1 aliphatic rings. The summed E-state index contributed by atoms with van der Waals surface area (Å²) in [5, 5.41) is 11.5. The Bertz CT molecular complexity index is 433. The molecule has 0 atom stereocenters. The van der Waals surface area contributed by atoms with Gasteiger partial charge >= 0.3 is 0 Å². The molecule has 18 heavy (non-hydrogen) atoms. The first-order chi connectivity index (χ1) is 8.72. The molecule has 0 bridgehead atoms. The Morgan fingerprint density at radius 1 is 1.56 bits per heavy atom. The fourth-order valence-corrected chi connectivity index (χ4v) is 1.64. The van der Waals surface area contributed by atoms with E-state index in [1.165, 1.54) is 25.2 Å². The molecular formula is C11H17N5O2. The van der Waals surface area contributed by atoms with Crippen LogP contribution in [0.15, 0.2) is 17.5 Å². The Kier molecular flexibility index (Phi) is 3.93. The van der Waals surface area contributed by atoms with Gasteiger partial charge in [-0.15, -0.1) is 0 Å². The van der Waals surface area contributed by atoms with Crippen molar-refractivity contribution in [3.63, 3.8) is 0 Å². The molecule has 0 aromatic carbocycles. The van der Waals surface area contributed by atoms with Crippen molar-refractivity contribution >= 4 is 5.84 Å². The van der Waals surface area contributed by atoms with Gasteiger partial charge in [0.1, 0.15) is 6.61 Å². The van der Waals surface area contributed by atoms with Crippen LogP contribution in [0.4, 0.5) is 0 Å². The zero-order valence-electron chi connectivity index (χ0n) is 10.3. The summed E-state index contributed by atoms with van der Waals surface area (Å²) in [5.74, 6) is 0.186. The molecule has 1 saturated carbocycles. The number of hydrogen-bond donors (Lipinski definition) is 2. The lowest BCUT2D eigenvalue weighted by Gasteiger charge is -2.15. The van der Waals surface area contributed by atoms with Crippen LogP contribution >= 0.6 is 0 Å². The topological polar surface area (TPSA) is 96.9 Å². The van der Waals surface area contributed by atoms with Gasteiger partial charge < -0.3 is 20.6 Å². The lowest BCUT2D eigenvalue weighted by atomic mass is 10.4. The largest absolute Gasteiger partial charge is 0.475 e. The maximum atomic E-state index is 8.64. The van der Waals surface area contributed by atoms with Gasteiger partial charge in [-0.2, -0.15) is 0 Å². The van der Waals surface area contributed by atoms with E-state index in [0.717, 1.165) is 6.54 Å². The summed E-state index contributed by atoms with van der Waals surface area (Å²) in [5.41, 5.74) is 5.75. The van der Waals surface area contributed by atoms with Crippen molar-refractivity contribution in [2.75, 3.05) is 20.2 Å². The highest BCUT2D eigenvalue weighted by molar-refractivity contribution is 5.97. The minimum Gasteiger partial charge on any atom is -0.475 e. The minimum atomic E-state index is -0.103. The second kappa shape index (κ2) is 5.63. The van der Waals surface area contributed by atoms with Crippen LogP contribution < -0.4 is 10.5 Å². The molecule has 7 nitrogen and oxygen atoms in total. The van der Waals surface area contributed by atoms with Crippen LogP contribution in [-0.2, 0) is 0 Å². The average molecular weight is 251 g/mol. The number of ether oxygens (including phenoxy) is 1. The minimum absolute atomic E-state index is 0.103. The third kappa shape index (κ3) is 3.07.